The number of nitrogens with two attached hydrogens (primary N) is 1. The molecule has 0 bridgehead atoms. The largest absolute Gasteiger partial charge is 0.490 e. The van der Waals surface area contributed by atoms with Crippen molar-refractivity contribution < 1.29 is 23.3 Å². The van der Waals surface area contributed by atoms with Crippen molar-refractivity contribution in [3.63, 3.8) is 0 Å². The van der Waals surface area contributed by atoms with Crippen LogP contribution in [-0.4, -0.2) is 62.0 Å². The second-order valence-electron chi connectivity index (χ2n) is 9.99. The summed E-state index contributed by atoms with van der Waals surface area (Å²) in [6, 6.07) is 11.4. The molecule has 1 aliphatic rings. The van der Waals surface area contributed by atoms with E-state index in [-0.39, 0.29) is 29.8 Å². The molecule has 13 nitrogen and oxygen atoms in total. The third-order valence-electron chi connectivity index (χ3n) is 6.85. The Kier molecular flexibility index (Phi) is 9.02. The molecule has 3 heterocycles. The van der Waals surface area contributed by atoms with E-state index in [9.17, 15) is 9.18 Å². The first-order valence-electron chi connectivity index (χ1n) is 13.6. The van der Waals surface area contributed by atoms with Crippen LogP contribution < -0.4 is 20.6 Å². The normalized spacial score (nSPS) is 14.4. The molecule has 0 atom stereocenters. The SMILES string of the molecule is CCOc1cc(/C=N/NC(=O)c2nnn(-c3nonc3N)c2CN2CCC(C)CC2)ccc1OCc1cccc(F)c1. The maximum absolute atomic E-state index is 13.5. The lowest BCUT2D eigenvalue weighted by Gasteiger charge is -2.30. The van der Waals surface area contributed by atoms with E-state index in [1.54, 1.807) is 30.3 Å². The van der Waals surface area contributed by atoms with Crippen molar-refractivity contribution in [2.24, 2.45) is 11.0 Å². The minimum atomic E-state index is -0.548. The topological polar surface area (TPSA) is 159 Å². The van der Waals surface area contributed by atoms with Gasteiger partial charge >= 0.3 is 0 Å². The van der Waals surface area contributed by atoms with E-state index in [0.29, 0.717) is 47.4 Å². The van der Waals surface area contributed by atoms with Gasteiger partial charge in [-0.25, -0.2) is 14.4 Å². The van der Waals surface area contributed by atoms with Crippen molar-refractivity contribution in [1.82, 2.24) is 35.6 Å². The number of likely N-dealkylation sites (tertiary alicyclic amines) is 1. The molecule has 3 N–H and O–H groups in total. The third kappa shape index (κ3) is 6.89. The first-order valence-corrected chi connectivity index (χ1v) is 13.6. The van der Waals surface area contributed by atoms with E-state index >= 15 is 0 Å². The van der Waals surface area contributed by atoms with Crippen molar-refractivity contribution in [2.75, 3.05) is 25.4 Å². The molecule has 0 saturated carbocycles. The number of carbonyl (C=O) groups excluding carboxylic acids is 1. The zero-order valence-corrected chi connectivity index (χ0v) is 23.4. The summed E-state index contributed by atoms with van der Waals surface area (Å²) in [5.74, 6) is 0.952. The first-order chi connectivity index (χ1) is 20.4. The monoisotopic (exact) mass is 577 g/mol. The molecule has 4 aromatic rings. The van der Waals surface area contributed by atoms with Gasteiger partial charge in [-0.15, -0.1) is 5.10 Å². The highest BCUT2D eigenvalue weighted by atomic mass is 19.1. The number of nitrogen functional groups attached to an aromatic ring is 1. The average Bonchev–Trinajstić information content (AvgIpc) is 3.59. The molecule has 220 valence electrons. The number of benzene rings is 2. The van der Waals surface area contributed by atoms with Gasteiger partial charge in [-0.1, -0.05) is 24.3 Å². The van der Waals surface area contributed by atoms with Crippen molar-refractivity contribution in [1.29, 1.82) is 0 Å². The van der Waals surface area contributed by atoms with Gasteiger partial charge < -0.3 is 15.2 Å². The molecule has 5 rings (SSSR count). The third-order valence-corrected chi connectivity index (χ3v) is 6.85. The summed E-state index contributed by atoms with van der Waals surface area (Å²) < 4.78 is 31.2. The molecule has 0 aliphatic carbocycles. The van der Waals surface area contributed by atoms with E-state index in [1.807, 2.05) is 6.92 Å². The number of hydrazone groups is 1. The molecule has 1 fully saturated rings. The fourth-order valence-corrected chi connectivity index (χ4v) is 4.56. The number of piperidine rings is 1. The second kappa shape index (κ2) is 13.2. The molecule has 2 aromatic carbocycles. The molecule has 0 unspecified atom stereocenters. The number of halogens is 1. The molecule has 14 heteroatoms. The number of anilines is 1. The Balaban J connectivity index is 1.29. The maximum Gasteiger partial charge on any atom is 0.293 e. The summed E-state index contributed by atoms with van der Waals surface area (Å²) in [6.07, 6.45) is 3.59. The number of nitrogens with one attached hydrogen (secondary N) is 1. The van der Waals surface area contributed by atoms with Crippen molar-refractivity contribution >= 4 is 17.9 Å². The van der Waals surface area contributed by atoms with Gasteiger partial charge in [-0.05, 0) is 90.5 Å². The Morgan fingerprint density at radius 2 is 2.02 bits per heavy atom. The number of rotatable bonds is 11. The highest BCUT2D eigenvalue weighted by Gasteiger charge is 2.27. The Bertz CT molecular complexity index is 1550. The summed E-state index contributed by atoms with van der Waals surface area (Å²) in [6.45, 7) is 6.84. The Labute approximate surface area is 241 Å². The van der Waals surface area contributed by atoms with Crippen LogP contribution in [-0.2, 0) is 13.2 Å². The molecular formula is C28H32FN9O4. The average molecular weight is 578 g/mol. The van der Waals surface area contributed by atoms with Crippen molar-refractivity contribution in [3.8, 4) is 17.3 Å². The van der Waals surface area contributed by atoms with Gasteiger partial charge in [0, 0.05) is 6.54 Å². The molecule has 42 heavy (non-hydrogen) atoms. The Morgan fingerprint density at radius 3 is 2.76 bits per heavy atom. The summed E-state index contributed by atoms with van der Waals surface area (Å²) in [5.41, 5.74) is 10.4. The van der Waals surface area contributed by atoms with Crippen LogP contribution in [0.3, 0.4) is 0 Å². The molecule has 1 amide bonds. The number of aromatic nitrogens is 5. The number of carbonyl (C=O) groups is 1. The summed E-state index contributed by atoms with van der Waals surface area (Å²) >= 11 is 0. The van der Waals surface area contributed by atoms with Crippen LogP contribution in [0.4, 0.5) is 10.2 Å². The Morgan fingerprint density at radius 1 is 1.19 bits per heavy atom. The molecule has 0 spiro atoms. The number of amides is 1. The number of hydrogen-bond donors (Lipinski definition) is 2. The van der Waals surface area contributed by atoms with Gasteiger partial charge in [0.25, 0.3) is 5.91 Å². The van der Waals surface area contributed by atoms with Gasteiger partial charge in [0.1, 0.15) is 12.4 Å². The lowest BCUT2D eigenvalue weighted by Crippen LogP contribution is -2.34. The second-order valence-corrected chi connectivity index (χ2v) is 9.99. The van der Waals surface area contributed by atoms with Gasteiger partial charge in [0.15, 0.2) is 17.2 Å². The molecular weight excluding hydrogens is 545 g/mol. The highest BCUT2D eigenvalue weighted by Crippen LogP contribution is 2.29. The number of hydrogen-bond acceptors (Lipinski definition) is 11. The quantitative estimate of drug-likeness (QED) is 0.200. The smallest absolute Gasteiger partial charge is 0.293 e. The summed E-state index contributed by atoms with van der Waals surface area (Å²) in [7, 11) is 0. The summed E-state index contributed by atoms with van der Waals surface area (Å²) in [5, 5.41) is 19.8. The zero-order chi connectivity index (χ0) is 29.5. The van der Waals surface area contributed by atoms with Gasteiger partial charge in [0.2, 0.25) is 11.6 Å². The minimum absolute atomic E-state index is 0.0341. The lowest BCUT2D eigenvalue weighted by atomic mass is 9.99. The van der Waals surface area contributed by atoms with E-state index in [2.05, 4.69) is 43.0 Å². The fraction of sp³-hybridized carbons (Fsp3) is 0.357. The standard InChI is InChI=1S/C28H32FN9O4/c1-3-40-24-14-19(7-8-23(24)41-17-20-5-4-6-21(29)13-20)15-31-33-28(39)25-22(16-37-11-9-18(2)10-12-37)38(36-32-25)27-26(30)34-42-35-27/h4-8,13-15,18H,3,9-12,16-17H2,1-2H3,(H2,30,34)(H,33,39)/b31-15+. The van der Waals surface area contributed by atoms with Crippen LogP contribution in [0.15, 0.2) is 52.2 Å². The fourth-order valence-electron chi connectivity index (χ4n) is 4.56. The molecule has 1 aliphatic heterocycles. The van der Waals surface area contributed by atoms with Crippen LogP contribution in [0.25, 0.3) is 5.82 Å². The van der Waals surface area contributed by atoms with Gasteiger partial charge in [-0.2, -0.15) is 9.78 Å². The molecule has 0 radical (unpaired) electrons. The van der Waals surface area contributed by atoms with Crippen LogP contribution in [0.5, 0.6) is 11.5 Å². The van der Waals surface area contributed by atoms with Crippen molar-refractivity contribution in [2.45, 2.75) is 39.8 Å². The Hall–Kier alpha value is -4.85. The zero-order valence-electron chi connectivity index (χ0n) is 23.4. The van der Waals surface area contributed by atoms with E-state index in [4.69, 9.17) is 19.8 Å². The van der Waals surface area contributed by atoms with Crippen LogP contribution in [0.1, 0.15) is 54.0 Å². The summed E-state index contributed by atoms with van der Waals surface area (Å²) in [4.78, 5) is 15.4. The maximum atomic E-state index is 13.5. The van der Waals surface area contributed by atoms with E-state index < -0.39 is 5.91 Å². The lowest BCUT2D eigenvalue weighted by molar-refractivity contribution is 0.0946. The number of ether oxygens (including phenoxy) is 2. The predicted molar refractivity (Wildman–Crippen MR) is 151 cm³/mol. The highest BCUT2D eigenvalue weighted by molar-refractivity contribution is 5.94. The first kappa shape index (κ1) is 28.7. The predicted octanol–water partition coefficient (Wildman–Crippen LogP) is 3.35. The van der Waals surface area contributed by atoms with Crippen LogP contribution in [0.2, 0.25) is 0 Å². The van der Waals surface area contributed by atoms with Crippen molar-refractivity contribution in [3.05, 3.63) is 70.8 Å². The molecule has 2 aromatic heterocycles. The van der Waals surface area contributed by atoms with Crippen LogP contribution in [0, 0.1) is 11.7 Å². The van der Waals surface area contributed by atoms with E-state index in [1.165, 1.54) is 23.0 Å². The van der Waals surface area contributed by atoms with Gasteiger partial charge in [-0.3, -0.25) is 9.69 Å². The van der Waals surface area contributed by atoms with Gasteiger partial charge in [0.05, 0.1) is 18.5 Å². The minimum Gasteiger partial charge on any atom is -0.490 e. The molecule has 1 saturated heterocycles. The van der Waals surface area contributed by atoms with Crippen LogP contribution >= 0.6 is 0 Å². The van der Waals surface area contributed by atoms with E-state index in [0.717, 1.165) is 25.9 Å². The number of nitrogens with zero attached hydrogens (tertiary/aromatic N) is 7.